The highest BCUT2D eigenvalue weighted by atomic mass is 19.1. The van der Waals surface area contributed by atoms with Gasteiger partial charge in [0.1, 0.15) is 5.82 Å². The molecule has 0 aliphatic carbocycles. The van der Waals surface area contributed by atoms with Crippen LogP contribution >= 0.6 is 0 Å². The van der Waals surface area contributed by atoms with E-state index in [-0.39, 0.29) is 11.4 Å². The van der Waals surface area contributed by atoms with Crippen molar-refractivity contribution in [3.05, 3.63) is 35.6 Å². The van der Waals surface area contributed by atoms with Crippen LogP contribution in [-0.2, 0) is 11.2 Å². The molecular formula is C16H25FN2O. The average Bonchev–Trinajstić information content (AvgIpc) is 2.49. The highest BCUT2D eigenvalue weighted by Gasteiger charge is 2.37. The van der Waals surface area contributed by atoms with Gasteiger partial charge in [0.15, 0.2) is 0 Å². The summed E-state index contributed by atoms with van der Waals surface area (Å²) in [5, 5.41) is 0. The smallest absolute Gasteiger partial charge is 0.126 e. The first-order valence-corrected chi connectivity index (χ1v) is 7.38. The van der Waals surface area contributed by atoms with Gasteiger partial charge in [0, 0.05) is 24.7 Å². The summed E-state index contributed by atoms with van der Waals surface area (Å²) in [5.74, 6) is -0.145. The van der Waals surface area contributed by atoms with E-state index in [0.29, 0.717) is 19.0 Å². The van der Waals surface area contributed by atoms with E-state index >= 15 is 0 Å². The Balaban J connectivity index is 2.21. The zero-order valence-electron chi connectivity index (χ0n) is 12.4. The number of rotatable bonds is 5. The molecule has 4 heteroatoms. The number of morpholine rings is 1. The lowest BCUT2D eigenvalue weighted by Crippen LogP contribution is -2.61. The highest BCUT2D eigenvalue weighted by molar-refractivity contribution is 5.20. The molecule has 2 unspecified atom stereocenters. The summed E-state index contributed by atoms with van der Waals surface area (Å²) in [7, 11) is 0. The van der Waals surface area contributed by atoms with Gasteiger partial charge in [0.25, 0.3) is 0 Å². The molecule has 1 aromatic carbocycles. The maximum atomic E-state index is 13.9. The lowest BCUT2D eigenvalue weighted by atomic mass is 9.88. The molecule has 1 fully saturated rings. The predicted molar refractivity (Wildman–Crippen MR) is 79.2 cm³/mol. The molecule has 0 amide bonds. The molecule has 1 saturated heterocycles. The number of nitrogens with zero attached hydrogens (tertiary/aromatic N) is 1. The molecule has 112 valence electrons. The number of hydrogen-bond acceptors (Lipinski definition) is 3. The van der Waals surface area contributed by atoms with E-state index in [1.54, 1.807) is 6.07 Å². The van der Waals surface area contributed by atoms with Crippen LogP contribution in [0.3, 0.4) is 0 Å². The van der Waals surface area contributed by atoms with Gasteiger partial charge in [0.2, 0.25) is 0 Å². The van der Waals surface area contributed by atoms with Gasteiger partial charge < -0.3 is 10.5 Å². The minimum absolute atomic E-state index is 0.145. The van der Waals surface area contributed by atoms with Crippen molar-refractivity contribution in [1.29, 1.82) is 0 Å². The molecule has 0 spiro atoms. The number of halogens is 1. The van der Waals surface area contributed by atoms with Gasteiger partial charge in [-0.2, -0.15) is 0 Å². The fourth-order valence-corrected chi connectivity index (χ4v) is 3.05. The normalized spacial score (nSPS) is 23.5. The molecule has 1 aromatic rings. The van der Waals surface area contributed by atoms with E-state index in [2.05, 4.69) is 18.7 Å². The summed E-state index contributed by atoms with van der Waals surface area (Å²) in [5.41, 5.74) is 6.56. The largest absolute Gasteiger partial charge is 0.378 e. The summed E-state index contributed by atoms with van der Waals surface area (Å²) in [4.78, 5) is 2.41. The number of ether oxygens (including phenoxy) is 1. The standard InChI is InChI=1S/C16H25FN2O/c1-3-14-11-20-9-8-19(14)16(2,12-18)10-13-6-4-5-7-15(13)17/h4-7,14H,3,8-12,18H2,1-2H3. The Bertz CT molecular complexity index is 440. The third-order valence-corrected chi connectivity index (χ3v) is 4.36. The van der Waals surface area contributed by atoms with E-state index in [9.17, 15) is 4.39 Å². The van der Waals surface area contributed by atoms with Gasteiger partial charge in [-0.25, -0.2) is 4.39 Å². The van der Waals surface area contributed by atoms with Crippen molar-refractivity contribution in [2.24, 2.45) is 5.73 Å². The Kier molecular flexibility index (Phi) is 5.13. The molecule has 0 radical (unpaired) electrons. The monoisotopic (exact) mass is 280 g/mol. The minimum atomic E-state index is -0.230. The number of nitrogens with two attached hydrogens (primary N) is 1. The van der Waals surface area contributed by atoms with Crippen LogP contribution in [-0.4, -0.2) is 42.8 Å². The fourth-order valence-electron chi connectivity index (χ4n) is 3.05. The zero-order valence-corrected chi connectivity index (χ0v) is 12.4. The molecule has 0 saturated carbocycles. The van der Waals surface area contributed by atoms with Crippen molar-refractivity contribution >= 4 is 0 Å². The molecule has 2 N–H and O–H groups in total. The van der Waals surface area contributed by atoms with E-state index in [1.165, 1.54) is 6.07 Å². The van der Waals surface area contributed by atoms with E-state index < -0.39 is 0 Å². The van der Waals surface area contributed by atoms with Crippen LogP contribution in [0.4, 0.5) is 4.39 Å². The Morgan fingerprint density at radius 1 is 1.45 bits per heavy atom. The van der Waals surface area contributed by atoms with Crippen molar-refractivity contribution in [3.8, 4) is 0 Å². The number of hydrogen-bond donors (Lipinski definition) is 1. The first-order chi connectivity index (χ1) is 9.60. The SMILES string of the molecule is CCC1COCCN1C(C)(CN)Cc1ccccc1F. The van der Waals surface area contributed by atoms with Gasteiger partial charge in [-0.05, 0) is 31.4 Å². The Hall–Kier alpha value is -0.970. The van der Waals surface area contributed by atoms with Gasteiger partial charge in [-0.15, -0.1) is 0 Å². The molecular weight excluding hydrogens is 255 g/mol. The highest BCUT2D eigenvalue weighted by Crippen LogP contribution is 2.26. The second kappa shape index (κ2) is 6.66. The third kappa shape index (κ3) is 3.19. The Morgan fingerprint density at radius 2 is 2.20 bits per heavy atom. The van der Waals surface area contributed by atoms with Crippen LogP contribution in [0.25, 0.3) is 0 Å². The van der Waals surface area contributed by atoms with Crippen LogP contribution in [0.5, 0.6) is 0 Å². The van der Waals surface area contributed by atoms with E-state index in [1.807, 2.05) is 12.1 Å². The van der Waals surface area contributed by atoms with Gasteiger partial charge >= 0.3 is 0 Å². The average molecular weight is 280 g/mol. The van der Waals surface area contributed by atoms with E-state index in [0.717, 1.165) is 31.7 Å². The van der Waals surface area contributed by atoms with Crippen molar-refractivity contribution in [2.75, 3.05) is 26.3 Å². The van der Waals surface area contributed by atoms with Crippen LogP contribution in [0.2, 0.25) is 0 Å². The van der Waals surface area contributed by atoms with Crippen molar-refractivity contribution in [3.63, 3.8) is 0 Å². The molecule has 20 heavy (non-hydrogen) atoms. The molecule has 1 aliphatic rings. The van der Waals surface area contributed by atoms with Crippen LogP contribution in [0, 0.1) is 5.82 Å². The summed E-state index contributed by atoms with van der Waals surface area (Å²) < 4.78 is 19.5. The molecule has 1 aliphatic heterocycles. The first kappa shape index (κ1) is 15.4. The summed E-state index contributed by atoms with van der Waals surface area (Å²) in [6.45, 7) is 7.13. The molecule has 1 heterocycles. The van der Waals surface area contributed by atoms with Crippen LogP contribution in [0.1, 0.15) is 25.8 Å². The molecule has 2 atom stereocenters. The first-order valence-electron chi connectivity index (χ1n) is 7.38. The van der Waals surface area contributed by atoms with Gasteiger partial charge in [0.05, 0.1) is 13.2 Å². The minimum Gasteiger partial charge on any atom is -0.378 e. The van der Waals surface area contributed by atoms with Gasteiger partial charge in [-0.3, -0.25) is 4.90 Å². The molecule has 0 bridgehead atoms. The lowest BCUT2D eigenvalue weighted by Gasteiger charge is -2.47. The summed E-state index contributed by atoms with van der Waals surface area (Å²) in [6.07, 6.45) is 1.65. The predicted octanol–water partition coefficient (Wildman–Crippen LogP) is 2.20. The topological polar surface area (TPSA) is 38.5 Å². The Morgan fingerprint density at radius 3 is 2.85 bits per heavy atom. The zero-order chi connectivity index (χ0) is 14.6. The van der Waals surface area contributed by atoms with Crippen molar-refractivity contribution in [1.82, 2.24) is 4.90 Å². The van der Waals surface area contributed by atoms with E-state index in [4.69, 9.17) is 10.5 Å². The number of benzene rings is 1. The lowest BCUT2D eigenvalue weighted by molar-refractivity contribution is -0.0584. The fraction of sp³-hybridized carbons (Fsp3) is 0.625. The third-order valence-electron chi connectivity index (χ3n) is 4.36. The molecule has 2 rings (SSSR count). The van der Waals surface area contributed by atoms with Crippen molar-refractivity contribution in [2.45, 2.75) is 38.3 Å². The maximum absolute atomic E-state index is 13.9. The van der Waals surface area contributed by atoms with Gasteiger partial charge in [-0.1, -0.05) is 25.1 Å². The molecule has 0 aromatic heterocycles. The van der Waals surface area contributed by atoms with Crippen LogP contribution < -0.4 is 5.73 Å². The van der Waals surface area contributed by atoms with Crippen LogP contribution in [0.15, 0.2) is 24.3 Å². The quantitative estimate of drug-likeness (QED) is 0.898. The van der Waals surface area contributed by atoms with Crippen molar-refractivity contribution < 1.29 is 9.13 Å². The second-order valence-electron chi connectivity index (χ2n) is 5.80. The summed E-state index contributed by atoms with van der Waals surface area (Å²) >= 11 is 0. The molecule has 3 nitrogen and oxygen atoms in total. The maximum Gasteiger partial charge on any atom is 0.126 e. The second-order valence-corrected chi connectivity index (χ2v) is 5.80. The Labute approximate surface area is 120 Å². The summed E-state index contributed by atoms with van der Waals surface area (Å²) in [6, 6.07) is 7.34.